The van der Waals surface area contributed by atoms with E-state index in [2.05, 4.69) is 5.32 Å². The first-order chi connectivity index (χ1) is 11.8. The molecule has 0 unspecified atom stereocenters. The third kappa shape index (κ3) is 4.10. The second-order valence-electron chi connectivity index (χ2n) is 6.39. The van der Waals surface area contributed by atoms with Gasteiger partial charge in [0.25, 0.3) is 5.91 Å². The molecule has 9 heteroatoms. The van der Waals surface area contributed by atoms with E-state index in [1.807, 2.05) is 0 Å². The molecule has 25 heavy (non-hydrogen) atoms. The lowest BCUT2D eigenvalue weighted by Gasteiger charge is -2.25. The van der Waals surface area contributed by atoms with Gasteiger partial charge in [-0.25, -0.2) is 8.42 Å². The van der Waals surface area contributed by atoms with Gasteiger partial charge in [-0.15, -0.1) is 0 Å². The summed E-state index contributed by atoms with van der Waals surface area (Å²) in [5, 5.41) is 3.44. The SMILES string of the molecule is O=C(N[C@H]1CCS(=O)(=O)C1)[C@H]1CCCN1C(=O)c1cc(Cl)ccc1Cl. The van der Waals surface area contributed by atoms with Crippen LogP contribution in [0.2, 0.25) is 10.0 Å². The Morgan fingerprint density at radius 3 is 2.64 bits per heavy atom. The van der Waals surface area contributed by atoms with E-state index in [1.54, 1.807) is 12.1 Å². The number of hydrogen-bond acceptors (Lipinski definition) is 4. The second kappa shape index (κ2) is 7.13. The van der Waals surface area contributed by atoms with Gasteiger partial charge in [0.05, 0.1) is 22.1 Å². The van der Waals surface area contributed by atoms with Gasteiger partial charge in [-0.05, 0) is 37.5 Å². The largest absolute Gasteiger partial charge is 0.351 e. The lowest BCUT2D eigenvalue weighted by atomic mass is 10.1. The van der Waals surface area contributed by atoms with Gasteiger partial charge >= 0.3 is 0 Å². The van der Waals surface area contributed by atoms with Crippen molar-refractivity contribution in [3.05, 3.63) is 33.8 Å². The lowest BCUT2D eigenvalue weighted by Crippen LogP contribution is -2.49. The van der Waals surface area contributed by atoms with Crippen molar-refractivity contribution in [2.75, 3.05) is 18.1 Å². The Labute approximate surface area is 156 Å². The van der Waals surface area contributed by atoms with Crippen LogP contribution in [-0.4, -0.2) is 55.3 Å². The third-order valence-electron chi connectivity index (χ3n) is 4.55. The maximum Gasteiger partial charge on any atom is 0.256 e. The minimum atomic E-state index is -3.08. The van der Waals surface area contributed by atoms with E-state index >= 15 is 0 Å². The molecule has 0 saturated carbocycles. The number of nitrogens with one attached hydrogen (secondary N) is 1. The highest BCUT2D eigenvalue weighted by atomic mass is 35.5. The van der Waals surface area contributed by atoms with Crippen molar-refractivity contribution in [2.24, 2.45) is 0 Å². The number of halogens is 2. The summed E-state index contributed by atoms with van der Waals surface area (Å²) in [6, 6.07) is 3.63. The molecule has 2 saturated heterocycles. The molecule has 0 radical (unpaired) electrons. The predicted molar refractivity (Wildman–Crippen MR) is 95.7 cm³/mol. The zero-order valence-corrected chi connectivity index (χ0v) is 15.7. The van der Waals surface area contributed by atoms with Crippen molar-refractivity contribution < 1.29 is 18.0 Å². The molecule has 2 heterocycles. The Kier molecular flexibility index (Phi) is 5.27. The van der Waals surface area contributed by atoms with Crippen LogP contribution in [0.25, 0.3) is 0 Å². The summed E-state index contributed by atoms with van der Waals surface area (Å²) in [6.07, 6.45) is 1.65. The molecule has 0 aliphatic carbocycles. The molecule has 1 aromatic carbocycles. The molecule has 136 valence electrons. The maximum atomic E-state index is 12.8. The zero-order chi connectivity index (χ0) is 18.2. The van der Waals surface area contributed by atoms with Crippen molar-refractivity contribution in [1.82, 2.24) is 10.2 Å². The van der Waals surface area contributed by atoms with Crippen molar-refractivity contribution in [3.8, 4) is 0 Å². The van der Waals surface area contributed by atoms with Crippen molar-refractivity contribution in [2.45, 2.75) is 31.3 Å². The summed E-state index contributed by atoms with van der Waals surface area (Å²) < 4.78 is 23.1. The van der Waals surface area contributed by atoms with E-state index in [0.717, 1.165) is 0 Å². The predicted octanol–water partition coefficient (Wildman–Crippen LogP) is 1.90. The van der Waals surface area contributed by atoms with Crippen LogP contribution in [0.1, 0.15) is 29.6 Å². The molecule has 3 rings (SSSR count). The molecule has 0 aromatic heterocycles. The van der Waals surface area contributed by atoms with Gasteiger partial charge in [0, 0.05) is 17.6 Å². The summed E-state index contributed by atoms with van der Waals surface area (Å²) in [5.74, 6) is -0.613. The van der Waals surface area contributed by atoms with Gasteiger partial charge in [0.2, 0.25) is 5.91 Å². The van der Waals surface area contributed by atoms with Gasteiger partial charge in [-0.2, -0.15) is 0 Å². The summed E-state index contributed by atoms with van der Waals surface area (Å²) in [4.78, 5) is 26.8. The fourth-order valence-corrected chi connectivity index (χ4v) is 5.35. The fourth-order valence-electron chi connectivity index (χ4n) is 3.30. The van der Waals surface area contributed by atoms with E-state index < -0.39 is 15.9 Å². The second-order valence-corrected chi connectivity index (χ2v) is 9.46. The van der Waals surface area contributed by atoms with Crippen LogP contribution in [0.4, 0.5) is 0 Å². The molecule has 0 bridgehead atoms. The molecule has 2 amide bonds. The number of likely N-dealkylation sites (tertiary alicyclic amines) is 1. The number of sulfone groups is 1. The topological polar surface area (TPSA) is 83.6 Å². The fraction of sp³-hybridized carbons (Fsp3) is 0.500. The van der Waals surface area contributed by atoms with Crippen molar-refractivity contribution in [3.63, 3.8) is 0 Å². The number of nitrogens with zero attached hydrogens (tertiary/aromatic N) is 1. The summed E-state index contributed by atoms with van der Waals surface area (Å²) in [6.45, 7) is 0.447. The van der Waals surface area contributed by atoms with Gasteiger partial charge in [0.15, 0.2) is 9.84 Å². The quantitative estimate of drug-likeness (QED) is 0.833. The van der Waals surface area contributed by atoms with Crippen LogP contribution in [0.5, 0.6) is 0 Å². The molecule has 1 aromatic rings. The normalized spacial score (nSPS) is 25.1. The molecule has 1 N–H and O–H groups in total. The van der Waals surface area contributed by atoms with Crippen LogP contribution in [-0.2, 0) is 14.6 Å². The first kappa shape index (κ1) is 18.5. The molecule has 6 nitrogen and oxygen atoms in total. The van der Waals surface area contributed by atoms with E-state index in [-0.39, 0.29) is 39.9 Å². The monoisotopic (exact) mass is 404 g/mol. The number of carbonyl (C=O) groups is 2. The van der Waals surface area contributed by atoms with Crippen LogP contribution in [0.15, 0.2) is 18.2 Å². The van der Waals surface area contributed by atoms with Crippen molar-refractivity contribution >= 4 is 44.9 Å². The highest BCUT2D eigenvalue weighted by molar-refractivity contribution is 7.91. The number of benzene rings is 1. The standard InChI is InChI=1S/C16H18Cl2N2O4S/c17-10-3-4-13(18)12(8-10)16(22)20-6-1-2-14(20)15(21)19-11-5-7-25(23,24)9-11/h3-4,8,11,14H,1-2,5-7,9H2,(H,19,21)/t11-,14+/m0/s1. The van der Waals surface area contributed by atoms with Gasteiger partial charge in [0.1, 0.15) is 6.04 Å². The summed E-state index contributed by atoms with van der Waals surface area (Å²) in [5.41, 5.74) is 0.261. The first-order valence-corrected chi connectivity index (χ1v) is 10.6. The van der Waals surface area contributed by atoms with E-state index in [4.69, 9.17) is 23.2 Å². The Morgan fingerprint density at radius 2 is 1.96 bits per heavy atom. The van der Waals surface area contributed by atoms with Crippen LogP contribution in [0.3, 0.4) is 0 Å². The molecule has 2 atom stereocenters. The Bertz CT molecular complexity index is 812. The average molecular weight is 405 g/mol. The van der Waals surface area contributed by atoms with Crippen LogP contribution in [0, 0.1) is 0 Å². The van der Waals surface area contributed by atoms with Gasteiger partial charge in [-0.1, -0.05) is 23.2 Å². The highest BCUT2D eigenvalue weighted by Crippen LogP contribution is 2.26. The average Bonchev–Trinajstić information content (AvgIpc) is 3.15. The zero-order valence-electron chi connectivity index (χ0n) is 13.4. The number of carbonyl (C=O) groups excluding carboxylic acids is 2. The lowest BCUT2D eigenvalue weighted by molar-refractivity contribution is -0.125. The highest BCUT2D eigenvalue weighted by Gasteiger charge is 2.37. The molecule has 2 fully saturated rings. The first-order valence-electron chi connectivity index (χ1n) is 8.04. The minimum Gasteiger partial charge on any atom is -0.351 e. The Hall–Kier alpha value is -1.31. The summed E-state index contributed by atoms with van der Waals surface area (Å²) >= 11 is 12.0. The third-order valence-corrected chi connectivity index (χ3v) is 6.89. The Balaban J connectivity index is 1.72. The van der Waals surface area contributed by atoms with Crippen LogP contribution >= 0.6 is 23.2 Å². The Morgan fingerprint density at radius 1 is 1.20 bits per heavy atom. The van der Waals surface area contributed by atoms with E-state index in [1.165, 1.54) is 11.0 Å². The number of rotatable bonds is 3. The van der Waals surface area contributed by atoms with E-state index in [0.29, 0.717) is 30.8 Å². The number of hydrogen-bond donors (Lipinski definition) is 1. The molecular weight excluding hydrogens is 387 g/mol. The molecule has 2 aliphatic heterocycles. The summed E-state index contributed by atoms with van der Waals surface area (Å²) in [7, 11) is -3.08. The smallest absolute Gasteiger partial charge is 0.256 e. The number of amides is 2. The van der Waals surface area contributed by atoms with E-state index in [9.17, 15) is 18.0 Å². The molecular formula is C16H18Cl2N2O4S. The molecule has 0 spiro atoms. The van der Waals surface area contributed by atoms with Gasteiger partial charge in [-0.3, -0.25) is 9.59 Å². The van der Waals surface area contributed by atoms with Gasteiger partial charge < -0.3 is 10.2 Å². The molecule has 2 aliphatic rings. The van der Waals surface area contributed by atoms with Crippen LogP contribution < -0.4 is 5.32 Å². The minimum absolute atomic E-state index is 0.0421. The maximum absolute atomic E-state index is 12.8. The van der Waals surface area contributed by atoms with Crippen molar-refractivity contribution in [1.29, 1.82) is 0 Å².